The van der Waals surface area contributed by atoms with Crippen molar-refractivity contribution in [3.63, 3.8) is 0 Å². The summed E-state index contributed by atoms with van der Waals surface area (Å²) >= 11 is 3.54. The third-order valence-corrected chi connectivity index (χ3v) is 3.54. The molecule has 0 spiro atoms. The fourth-order valence-electron chi connectivity index (χ4n) is 1.91. The first-order valence-electron chi connectivity index (χ1n) is 6.45. The Balaban J connectivity index is 1.89. The largest absolute Gasteiger partial charge is 0.492 e. The minimum atomic E-state index is 0.667. The number of hydrogen-bond acceptors (Lipinski definition) is 2. The summed E-state index contributed by atoms with van der Waals surface area (Å²) in [5.41, 5.74) is 8.06. The second-order valence-corrected chi connectivity index (χ2v) is 5.24. The van der Waals surface area contributed by atoms with E-state index < -0.39 is 0 Å². The van der Waals surface area contributed by atoms with Crippen LogP contribution in [0.1, 0.15) is 11.1 Å². The van der Waals surface area contributed by atoms with Gasteiger partial charge in [-0.25, -0.2) is 0 Å². The van der Waals surface area contributed by atoms with E-state index in [9.17, 15) is 0 Å². The van der Waals surface area contributed by atoms with Crippen LogP contribution in [0.15, 0.2) is 53.0 Å². The summed E-state index contributed by atoms with van der Waals surface area (Å²) in [6, 6.07) is 16.5. The maximum absolute atomic E-state index is 5.80. The zero-order valence-electron chi connectivity index (χ0n) is 10.8. The van der Waals surface area contributed by atoms with Gasteiger partial charge in [-0.2, -0.15) is 0 Å². The molecule has 2 N–H and O–H groups in total. The Morgan fingerprint density at radius 1 is 0.947 bits per heavy atom. The number of hydrogen-bond donors (Lipinski definition) is 1. The van der Waals surface area contributed by atoms with Crippen LogP contribution in [0.2, 0.25) is 0 Å². The van der Waals surface area contributed by atoms with Gasteiger partial charge < -0.3 is 10.5 Å². The number of rotatable bonds is 6. The van der Waals surface area contributed by atoms with Gasteiger partial charge in [0.15, 0.2) is 0 Å². The van der Waals surface area contributed by atoms with Crippen molar-refractivity contribution in [1.29, 1.82) is 0 Å². The Morgan fingerprint density at radius 3 is 2.42 bits per heavy atom. The van der Waals surface area contributed by atoms with Crippen LogP contribution < -0.4 is 10.5 Å². The molecule has 3 heteroatoms. The summed E-state index contributed by atoms with van der Waals surface area (Å²) in [6.45, 7) is 1.35. The molecule has 0 saturated heterocycles. The molecule has 2 aromatic carbocycles. The van der Waals surface area contributed by atoms with Gasteiger partial charge in [-0.3, -0.25) is 0 Å². The summed E-state index contributed by atoms with van der Waals surface area (Å²) in [5, 5.41) is 0. The number of halogens is 1. The normalized spacial score (nSPS) is 10.4. The highest BCUT2D eigenvalue weighted by Crippen LogP contribution is 2.26. The molecule has 0 aromatic heterocycles. The molecule has 0 atom stereocenters. The zero-order valence-corrected chi connectivity index (χ0v) is 12.4. The van der Waals surface area contributed by atoms with Gasteiger partial charge in [0.05, 0.1) is 11.1 Å². The molecule has 0 saturated carbocycles. The first kappa shape index (κ1) is 14.1. The highest BCUT2D eigenvalue weighted by Gasteiger charge is 2.02. The lowest BCUT2D eigenvalue weighted by Crippen LogP contribution is -2.04. The zero-order chi connectivity index (χ0) is 13.5. The molecule has 0 unspecified atom stereocenters. The second-order valence-electron chi connectivity index (χ2n) is 4.39. The van der Waals surface area contributed by atoms with E-state index in [0.29, 0.717) is 13.2 Å². The van der Waals surface area contributed by atoms with E-state index in [1.807, 2.05) is 24.3 Å². The second kappa shape index (κ2) is 7.31. The van der Waals surface area contributed by atoms with E-state index in [0.717, 1.165) is 23.1 Å². The lowest BCUT2D eigenvalue weighted by atomic mass is 10.1. The van der Waals surface area contributed by atoms with Crippen LogP contribution in [0.25, 0.3) is 0 Å². The Bertz CT molecular complexity index is 513. The average Bonchev–Trinajstić information content (AvgIpc) is 2.43. The first-order chi connectivity index (χ1) is 9.29. The van der Waals surface area contributed by atoms with Gasteiger partial charge in [-0.15, -0.1) is 0 Å². The van der Waals surface area contributed by atoms with Crippen molar-refractivity contribution in [2.75, 3.05) is 13.2 Å². The molecule has 2 aromatic rings. The SMILES string of the molecule is NCCc1ccc(OCCc2ccccc2)c(Br)c1. The molecule has 2 nitrogen and oxygen atoms in total. The van der Waals surface area contributed by atoms with E-state index in [4.69, 9.17) is 10.5 Å². The molecule has 0 aliphatic rings. The van der Waals surface area contributed by atoms with Gasteiger partial charge in [0.25, 0.3) is 0 Å². The molecule has 0 heterocycles. The molecular formula is C16H18BrNO. The van der Waals surface area contributed by atoms with Gasteiger partial charge in [-0.05, 0) is 52.2 Å². The molecule has 0 fully saturated rings. The van der Waals surface area contributed by atoms with Crippen molar-refractivity contribution in [2.24, 2.45) is 5.73 Å². The third kappa shape index (κ3) is 4.37. The van der Waals surface area contributed by atoms with Crippen LogP contribution in [0, 0.1) is 0 Å². The summed E-state index contributed by atoms with van der Waals surface area (Å²) in [7, 11) is 0. The number of nitrogens with two attached hydrogens (primary N) is 1. The predicted molar refractivity (Wildman–Crippen MR) is 82.5 cm³/mol. The Morgan fingerprint density at radius 2 is 1.74 bits per heavy atom. The maximum Gasteiger partial charge on any atom is 0.133 e. The summed E-state index contributed by atoms with van der Waals surface area (Å²) in [6.07, 6.45) is 1.81. The Labute approximate surface area is 122 Å². The van der Waals surface area contributed by atoms with Crippen LogP contribution in [0.4, 0.5) is 0 Å². The Hall–Kier alpha value is -1.32. The molecule has 19 heavy (non-hydrogen) atoms. The summed E-state index contributed by atoms with van der Waals surface area (Å²) < 4.78 is 6.79. The van der Waals surface area contributed by atoms with Gasteiger partial charge in [0.2, 0.25) is 0 Å². The monoisotopic (exact) mass is 319 g/mol. The lowest BCUT2D eigenvalue weighted by Gasteiger charge is -2.09. The van der Waals surface area contributed by atoms with Gasteiger partial charge in [0.1, 0.15) is 5.75 Å². The molecule has 0 aliphatic heterocycles. The van der Waals surface area contributed by atoms with Crippen LogP contribution >= 0.6 is 15.9 Å². The minimum Gasteiger partial charge on any atom is -0.492 e. The minimum absolute atomic E-state index is 0.667. The third-order valence-electron chi connectivity index (χ3n) is 2.92. The van der Waals surface area contributed by atoms with Crippen molar-refractivity contribution >= 4 is 15.9 Å². The molecular weight excluding hydrogens is 302 g/mol. The fraction of sp³-hybridized carbons (Fsp3) is 0.250. The van der Waals surface area contributed by atoms with E-state index in [2.05, 4.69) is 40.2 Å². The smallest absolute Gasteiger partial charge is 0.133 e. The average molecular weight is 320 g/mol. The topological polar surface area (TPSA) is 35.2 Å². The maximum atomic E-state index is 5.80. The van der Waals surface area contributed by atoms with Crippen molar-refractivity contribution in [2.45, 2.75) is 12.8 Å². The van der Waals surface area contributed by atoms with E-state index >= 15 is 0 Å². The van der Waals surface area contributed by atoms with Crippen LogP contribution in [-0.4, -0.2) is 13.2 Å². The molecule has 0 amide bonds. The first-order valence-corrected chi connectivity index (χ1v) is 7.24. The number of ether oxygens (including phenoxy) is 1. The van der Waals surface area contributed by atoms with Crippen LogP contribution in [0.5, 0.6) is 5.75 Å². The van der Waals surface area contributed by atoms with Gasteiger partial charge in [0, 0.05) is 6.42 Å². The molecule has 100 valence electrons. The molecule has 0 radical (unpaired) electrons. The fourth-order valence-corrected chi connectivity index (χ4v) is 2.45. The van der Waals surface area contributed by atoms with E-state index in [1.54, 1.807) is 0 Å². The summed E-state index contributed by atoms with van der Waals surface area (Å²) in [5.74, 6) is 0.886. The van der Waals surface area contributed by atoms with Crippen LogP contribution in [0.3, 0.4) is 0 Å². The van der Waals surface area contributed by atoms with E-state index in [-0.39, 0.29) is 0 Å². The lowest BCUT2D eigenvalue weighted by molar-refractivity contribution is 0.320. The van der Waals surface area contributed by atoms with Crippen molar-refractivity contribution in [1.82, 2.24) is 0 Å². The van der Waals surface area contributed by atoms with Crippen molar-refractivity contribution < 1.29 is 4.74 Å². The molecule has 0 bridgehead atoms. The molecule has 2 rings (SSSR count). The van der Waals surface area contributed by atoms with Crippen molar-refractivity contribution in [3.8, 4) is 5.75 Å². The highest BCUT2D eigenvalue weighted by atomic mass is 79.9. The standard InChI is InChI=1S/C16H18BrNO/c17-15-12-14(8-10-18)6-7-16(15)19-11-9-13-4-2-1-3-5-13/h1-7,12H,8-11,18H2. The van der Waals surface area contributed by atoms with Crippen molar-refractivity contribution in [3.05, 3.63) is 64.1 Å². The summed E-state index contributed by atoms with van der Waals surface area (Å²) in [4.78, 5) is 0. The Kier molecular flexibility index (Phi) is 5.43. The predicted octanol–water partition coefficient (Wildman–Crippen LogP) is 3.57. The highest BCUT2D eigenvalue weighted by molar-refractivity contribution is 9.10. The van der Waals surface area contributed by atoms with E-state index in [1.165, 1.54) is 11.1 Å². The van der Waals surface area contributed by atoms with Crippen LogP contribution in [-0.2, 0) is 12.8 Å². The van der Waals surface area contributed by atoms with Gasteiger partial charge in [-0.1, -0.05) is 36.4 Å². The van der Waals surface area contributed by atoms with Gasteiger partial charge >= 0.3 is 0 Å². The molecule has 0 aliphatic carbocycles. The quantitative estimate of drug-likeness (QED) is 0.883. The number of benzene rings is 2.